The number of aromatic nitrogens is 1. The van der Waals surface area contributed by atoms with Crippen LogP contribution in [0.3, 0.4) is 0 Å². The lowest BCUT2D eigenvalue weighted by Crippen LogP contribution is -2.29. The van der Waals surface area contributed by atoms with Gasteiger partial charge in [0.1, 0.15) is 12.5 Å². The number of hydrogen-bond acceptors (Lipinski definition) is 4. The van der Waals surface area contributed by atoms with E-state index in [1.807, 2.05) is 0 Å². The molecule has 0 saturated heterocycles. The fourth-order valence-electron chi connectivity index (χ4n) is 3.70. The summed E-state index contributed by atoms with van der Waals surface area (Å²) < 4.78 is 0. The quantitative estimate of drug-likeness (QED) is 0.453. The Kier molecular flexibility index (Phi) is 4.37. The SMILES string of the molecule is Cc1cccc(-c2cc3c(s2)C(NCCc2c[nH]c4ccccc24)=NCN3)c1. The van der Waals surface area contributed by atoms with Gasteiger partial charge in [0.25, 0.3) is 0 Å². The Balaban J connectivity index is 1.33. The van der Waals surface area contributed by atoms with E-state index in [9.17, 15) is 0 Å². The van der Waals surface area contributed by atoms with Gasteiger partial charge in [0, 0.05) is 28.5 Å². The molecule has 0 unspecified atom stereocenters. The zero-order valence-electron chi connectivity index (χ0n) is 15.8. The summed E-state index contributed by atoms with van der Waals surface area (Å²) in [5, 5.41) is 8.27. The van der Waals surface area contributed by atoms with Crippen LogP contribution >= 0.6 is 11.3 Å². The van der Waals surface area contributed by atoms with Gasteiger partial charge in [-0.15, -0.1) is 11.3 Å². The number of fused-ring (bicyclic) bond motifs is 2. The number of hydrogen-bond donors (Lipinski definition) is 3. The van der Waals surface area contributed by atoms with Crippen LogP contribution in [0.15, 0.2) is 65.8 Å². The van der Waals surface area contributed by atoms with E-state index in [-0.39, 0.29) is 0 Å². The van der Waals surface area contributed by atoms with Crippen molar-refractivity contribution in [2.45, 2.75) is 13.3 Å². The summed E-state index contributed by atoms with van der Waals surface area (Å²) in [5.41, 5.74) is 6.25. The van der Waals surface area contributed by atoms with Crippen molar-refractivity contribution < 1.29 is 0 Å². The molecule has 5 rings (SSSR count). The van der Waals surface area contributed by atoms with Crippen LogP contribution in [0.1, 0.15) is 16.0 Å². The standard InChI is InChI=1S/C23H22N4S/c1-15-5-4-6-16(11-15)21-12-20-22(28-21)23(27-14-26-20)24-10-9-17-13-25-19-8-3-2-7-18(17)19/h2-8,11-13,25-26H,9-10,14H2,1H3,(H,24,27). The smallest absolute Gasteiger partial charge is 0.142 e. The average Bonchev–Trinajstić information content (AvgIpc) is 3.33. The van der Waals surface area contributed by atoms with Crippen molar-refractivity contribution >= 4 is 33.8 Å². The first-order valence-corrected chi connectivity index (χ1v) is 10.4. The third-order valence-electron chi connectivity index (χ3n) is 5.12. The maximum Gasteiger partial charge on any atom is 0.142 e. The van der Waals surface area contributed by atoms with Crippen molar-refractivity contribution in [3.05, 3.63) is 76.8 Å². The number of aliphatic imine (C=N–C) groups is 1. The lowest BCUT2D eigenvalue weighted by Gasteiger charge is -2.15. The highest BCUT2D eigenvalue weighted by molar-refractivity contribution is 7.18. The highest BCUT2D eigenvalue weighted by atomic mass is 32.1. The minimum Gasteiger partial charge on any atom is -0.369 e. The predicted molar refractivity (Wildman–Crippen MR) is 120 cm³/mol. The van der Waals surface area contributed by atoms with E-state index in [1.54, 1.807) is 11.3 Å². The topological polar surface area (TPSA) is 52.2 Å². The average molecular weight is 387 g/mol. The Morgan fingerprint density at radius 3 is 2.96 bits per heavy atom. The van der Waals surface area contributed by atoms with Crippen molar-refractivity contribution in [3.8, 4) is 10.4 Å². The molecule has 3 heterocycles. The van der Waals surface area contributed by atoms with Gasteiger partial charge in [-0.25, -0.2) is 4.99 Å². The number of amidine groups is 1. The van der Waals surface area contributed by atoms with Crippen LogP contribution in [0.2, 0.25) is 0 Å². The number of para-hydroxylation sites is 1. The molecule has 4 aromatic rings. The van der Waals surface area contributed by atoms with Gasteiger partial charge >= 0.3 is 0 Å². The number of nitrogens with zero attached hydrogens (tertiary/aromatic N) is 1. The second-order valence-corrected chi connectivity index (χ2v) is 8.15. The number of aryl methyl sites for hydroxylation is 1. The van der Waals surface area contributed by atoms with Crippen LogP contribution in [0.25, 0.3) is 21.3 Å². The second-order valence-electron chi connectivity index (χ2n) is 7.10. The number of H-pyrrole nitrogens is 1. The molecule has 0 amide bonds. The summed E-state index contributed by atoms with van der Waals surface area (Å²) >= 11 is 1.79. The molecule has 2 aromatic carbocycles. The molecule has 0 radical (unpaired) electrons. The van der Waals surface area contributed by atoms with Gasteiger partial charge in [0.05, 0.1) is 10.6 Å². The molecule has 5 heteroatoms. The molecule has 0 bridgehead atoms. The van der Waals surface area contributed by atoms with Gasteiger partial charge in [-0.1, -0.05) is 48.0 Å². The third-order valence-corrected chi connectivity index (χ3v) is 6.31. The van der Waals surface area contributed by atoms with Crippen molar-refractivity contribution in [1.29, 1.82) is 0 Å². The Morgan fingerprint density at radius 1 is 1.11 bits per heavy atom. The highest BCUT2D eigenvalue weighted by Crippen LogP contribution is 2.36. The van der Waals surface area contributed by atoms with E-state index in [0.29, 0.717) is 6.67 Å². The van der Waals surface area contributed by atoms with E-state index in [1.165, 1.54) is 43.0 Å². The molecule has 140 valence electrons. The van der Waals surface area contributed by atoms with Crippen LogP contribution < -0.4 is 10.6 Å². The number of benzene rings is 2. The summed E-state index contributed by atoms with van der Waals surface area (Å²) in [6, 6.07) is 19.3. The van der Waals surface area contributed by atoms with E-state index < -0.39 is 0 Å². The van der Waals surface area contributed by atoms with E-state index in [0.717, 1.165) is 18.8 Å². The maximum atomic E-state index is 4.67. The summed E-state index contributed by atoms with van der Waals surface area (Å²) in [6.07, 6.45) is 3.07. The van der Waals surface area contributed by atoms with Crippen LogP contribution in [0.4, 0.5) is 5.69 Å². The third kappa shape index (κ3) is 3.18. The molecule has 4 nitrogen and oxygen atoms in total. The number of rotatable bonds is 4. The van der Waals surface area contributed by atoms with Crippen molar-refractivity contribution in [3.63, 3.8) is 0 Å². The van der Waals surface area contributed by atoms with Crippen molar-refractivity contribution in [2.75, 3.05) is 18.5 Å². The molecule has 0 fully saturated rings. The molecular formula is C23H22N4S. The largest absolute Gasteiger partial charge is 0.369 e. The normalized spacial score (nSPS) is 13.1. The molecule has 0 aliphatic carbocycles. The highest BCUT2D eigenvalue weighted by Gasteiger charge is 2.18. The van der Waals surface area contributed by atoms with Gasteiger partial charge in [-0.2, -0.15) is 0 Å². The monoisotopic (exact) mass is 386 g/mol. The number of thiophene rings is 1. The molecule has 1 aliphatic rings. The minimum absolute atomic E-state index is 0.617. The second kappa shape index (κ2) is 7.17. The molecule has 2 aromatic heterocycles. The van der Waals surface area contributed by atoms with E-state index in [2.05, 4.69) is 88.3 Å². The Bertz CT molecular complexity index is 1170. The summed E-state index contributed by atoms with van der Waals surface area (Å²) in [4.78, 5) is 10.5. The van der Waals surface area contributed by atoms with Crippen LogP contribution in [0, 0.1) is 6.92 Å². The molecule has 0 spiro atoms. The molecule has 0 saturated carbocycles. The van der Waals surface area contributed by atoms with E-state index in [4.69, 9.17) is 0 Å². The lowest BCUT2D eigenvalue weighted by molar-refractivity contribution is 0.862. The first-order chi connectivity index (χ1) is 13.8. The number of anilines is 1. The molecule has 3 N–H and O–H groups in total. The molecule has 28 heavy (non-hydrogen) atoms. The lowest BCUT2D eigenvalue weighted by atomic mass is 10.1. The van der Waals surface area contributed by atoms with Crippen molar-refractivity contribution in [1.82, 2.24) is 10.3 Å². The van der Waals surface area contributed by atoms with Crippen LogP contribution in [-0.2, 0) is 6.42 Å². The molecule has 0 atom stereocenters. The first-order valence-electron chi connectivity index (χ1n) is 9.56. The Hall–Kier alpha value is -3.05. The zero-order valence-corrected chi connectivity index (χ0v) is 16.6. The van der Waals surface area contributed by atoms with Crippen molar-refractivity contribution in [2.24, 2.45) is 4.99 Å². The van der Waals surface area contributed by atoms with Gasteiger partial charge in [-0.05, 0) is 36.6 Å². The van der Waals surface area contributed by atoms with Gasteiger partial charge in [0.2, 0.25) is 0 Å². The van der Waals surface area contributed by atoms with Gasteiger partial charge in [0.15, 0.2) is 0 Å². The maximum absolute atomic E-state index is 4.67. The first kappa shape index (κ1) is 17.1. The fraction of sp³-hybridized carbons (Fsp3) is 0.174. The molecular weight excluding hydrogens is 364 g/mol. The van der Waals surface area contributed by atoms with Gasteiger partial charge < -0.3 is 15.6 Å². The Morgan fingerprint density at radius 2 is 2.04 bits per heavy atom. The van der Waals surface area contributed by atoms with Crippen LogP contribution in [-0.4, -0.2) is 24.0 Å². The van der Waals surface area contributed by atoms with Gasteiger partial charge in [-0.3, -0.25) is 0 Å². The Labute approximate surface area is 168 Å². The summed E-state index contributed by atoms with van der Waals surface area (Å²) in [7, 11) is 0. The number of nitrogens with one attached hydrogen (secondary N) is 3. The van der Waals surface area contributed by atoms with Crippen LogP contribution in [0.5, 0.6) is 0 Å². The summed E-state index contributed by atoms with van der Waals surface area (Å²) in [6.45, 7) is 3.61. The fourth-order valence-corrected chi connectivity index (χ4v) is 4.82. The predicted octanol–water partition coefficient (Wildman–Crippen LogP) is 5.17. The molecule has 1 aliphatic heterocycles. The number of aromatic amines is 1. The van der Waals surface area contributed by atoms with E-state index >= 15 is 0 Å². The zero-order chi connectivity index (χ0) is 18.9. The minimum atomic E-state index is 0.617. The summed E-state index contributed by atoms with van der Waals surface area (Å²) in [5.74, 6) is 0.998.